The molecule has 0 unspecified atom stereocenters. The third-order valence-corrected chi connectivity index (χ3v) is 5.17. The minimum atomic E-state index is -0.0579. The van der Waals surface area contributed by atoms with Gasteiger partial charge in [-0.25, -0.2) is 0 Å². The fourth-order valence-corrected chi connectivity index (χ4v) is 3.59. The highest BCUT2D eigenvalue weighted by Gasteiger charge is 2.19. The van der Waals surface area contributed by atoms with Crippen LogP contribution >= 0.6 is 11.8 Å². The topological polar surface area (TPSA) is 49.4 Å². The van der Waals surface area contributed by atoms with E-state index in [1.807, 2.05) is 47.4 Å². The number of nitrogens with zero attached hydrogens (tertiary/aromatic N) is 1. The molecule has 0 bridgehead atoms. The molecular weight excluding hydrogens is 332 g/mol. The molecule has 0 atom stereocenters. The molecular formula is C20H22N2O2S. The molecule has 0 aromatic heterocycles. The Morgan fingerprint density at radius 3 is 2.52 bits per heavy atom. The van der Waals surface area contributed by atoms with Crippen molar-refractivity contribution in [3.63, 3.8) is 0 Å². The first-order valence-electron chi connectivity index (χ1n) is 8.55. The second kappa shape index (κ2) is 8.72. The lowest BCUT2D eigenvalue weighted by Crippen LogP contribution is -2.26. The van der Waals surface area contributed by atoms with Gasteiger partial charge in [-0.15, -0.1) is 11.8 Å². The molecule has 3 rings (SSSR count). The Labute approximate surface area is 152 Å². The molecule has 130 valence electrons. The smallest absolute Gasteiger partial charge is 0.251 e. The number of rotatable bonds is 7. The van der Waals surface area contributed by atoms with Gasteiger partial charge in [0.25, 0.3) is 5.91 Å². The summed E-state index contributed by atoms with van der Waals surface area (Å²) in [6.07, 6.45) is 1.60. The quantitative estimate of drug-likeness (QED) is 0.613. The van der Waals surface area contributed by atoms with Crippen molar-refractivity contribution in [1.82, 2.24) is 10.2 Å². The van der Waals surface area contributed by atoms with E-state index in [4.69, 9.17) is 0 Å². The van der Waals surface area contributed by atoms with Crippen LogP contribution in [-0.4, -0.2) is 35.6 Å². The van der Waals surface area contributed by atoms with Gasteiger partial charge >= 0.3 is 0 Å². The van der Waals surface area contributed by atoms with Crippen LogP contribution in [0, 0.1) is 0 Å². The Kier molecular flexibility index (Phi) is 6.12. The lowest BCUT2D eigenvalue weighted by atomic mass is 10.1. The van der Waals surface area contributed by atoms with Crippen LogP contribution in [0.3, 0.4) is 0 Å². The number of benzene rings is 2. The van der Waals surface area contributed by atoms with Crippen molar-refractivity contribution in [3.8, 4) is 0 Å². The van der Waals surface area contributed by atoms with Gasteiger partial charge in [0.2, 0.25) is 5.91 Å². The van der Waals surface area contributed by atoms with Crippen LogP contribution in [0.2, 0.25) is 0 Å². The fraction of sp³-hybridized carbons (Fsp3) is 0.300. The van der Waals surface area contributed by atoms with Crippen molar-refractivity contribution in [1.29, 1.82) is 0 Å². The summed E-state index contributed by atoms with van der Waals surface area (Å²) < 4.78 is 0. The van der Waals surface area contributed by atoms with E-state index in [0.29, 0.717) is 25.1 Å². The predicted molar refractivity (Wildman–Crippen MR) is 101 cm³/mol. The van der Waals surface area contributed by atoms with Crippen molar-refractivity contribution < 1.29 is 9.59 Å². The Balaban J connectivity index is 1.43. The maximum absolute atomic E-state index is 12.2. The second-order valence-electron chi connectivity index (χ2n) is 6.03. The Hall–Kier alpha value is -2.27. The van der Waals surface area contributed by atoms with Crippen molar-refractivity contribution in [2.75, 3.05) is 18.8 Å². The average Bonchev–Trinajstić information content (AvgIpc) is 3.05. The number of hydrogen-bond acceptors (Lipinski definition) is 3. The maximum atomic E-state index is 12.2. The first kappa shape index (κ1) is 17.5. The standard InChI is InChI=1S/C20H22N2O2S/c23-19-7-4-13-22(19)15-16-8-10-17(11-9-16)20(24)21-12-14-25-18-5-2-1-3-6-18/h1-3,5-6,8-11H,4,7,12-15H2,(H,21,24). The Morgan fingerprint density at radius 2 is 1.84 bits per heavy atom. The van der Waals surface area contributed by atoms with Crippen LogP contribution in [0.4, 0.5) is 0 Å². The molecule has 0 saturated carbocycles. The van der Waals surface area contributed by atoms with Crippen molar-refractivity contribution >= 4 is 23.6 Å². The van der Waals surface area contributed by atoms with E-state index in [-0.39, 0.29) is 11.8 Å². The van der Waals surface area contributed by atoms with Crippen LogP contribution in [0.5, 0.6) is 0 Å². The van der Waals surface area contributed by atoms with Crippen LogP contribution in [0.15, 0.2) is 59.5 Å². The molecule has 0 aliphatic carbocycles. The van der Waals surface area contributed by atoms with Gasteiger partial charge in [-0.1, -0.05) is 30.3 Å². The van der Waals surface area contributed by atoms with E-state index in [9.17, 15) is 9.59 Å². The van der Waals surface area contributed by atoms with Crippen LogP contribution in [-0.2, 0) is 11.3 Å². The molecule has 2 aromatic carbocycles. The van der Waals surface area contributed by atoms with Crippen molar-refractivity contribution in [2.45, 2.75) is 24.3 Å². The molecule has 2 aromatic rings. The number of thioether (sulfide) groups is 1. The van der Waals surface area contributed by atoms with Gasteiger partial charge in [0.1, 0.15) is 0 Å². The van der Waals surface area contributed by atoms with E-state index in [1.165, 1.54) is 4.90 Å². The van der Waals surface area contributed by atoms with Gasteiger partial charge in [0.05, 0.1) is 0 Å². The molecule has 25 heavy (non-hydrogen) atoms. The van der Waals surface area contributed by atoms with E-state index in [2.05, 4.69) is 17.4 Å². The summed E-state index contributed by atoms with van der Waals surface area (Å²) in [6.45, 7) is 2.09. The van der Waals surface area contributed by atoms with Gasteiger partial charge < -0.3 is 10.2 Å². The number of hydrogen-bond donors (Lipinski definition) is 1. The number of amides is 2. The molecule has 1 aliphatic rings. The number of carbonyl (C=O) groups excluding carboxylic acids is 2. The first-order valence-corrected chi connectivity index (χ1v) is 9.54. The average molecular weight is 354 g/mol. The van der Waals surface area contributed by atoms with Crippen LogP contribution in [0.1, 0.15) is 28.8 Å². The minimum absolute atomic E-state index is 0.0579. The number of nitrogens with one attached hydrogen (secondary N) is 1. The molecule has 2 amide bonds. The highest BCUT2D eigenvalue weighted by atomic mass is 32.2. The highest BCUT2D eigenvalue weighted by molar-refractivity contribution is 7.99. The third kappa shape index (κ3) is 5.10. The molecule has 0 spiro atoms. The highest BCUT2D eigenvalue weighted by Crippen LogP contribution is 2.16. The summed E-state index contributed by atoms with van der Waals surface area (Å²) in [6, 6.07) is 17.7. The summed E-state index contributed by atoms with van der Waals surface area (Å²) in [4.78, 5) is 26.9. The summed E-state index contributed by atoms with van der Waals surface area (Å²) in [5.74, 6) is 1.00. The SMILES string of the molecule is O=C(NCCSc1ccccc1)c1ccc(CN2CCCC2=O)cc1. The van der Waals surface area contributed by atoms with Crippen molar-refractivity contribution in [3.05, 3.63) is 65.7 Å². The van der Waals surface area contributed by atoms with E-state index in [1.54, 1.807) is 11.8 Å². The van der Waals surface area contributed by atoms with Gasteiger partial charge in [-0.05, 0) is 36.2 Å². The number of carbonyl (C=O) groups is 2. The maximum Gasteiger partial charge on any atom is 0.251 e. The summed E-state index contributed by atoms with van der Waals surface area (Å²) >= 11 is 1.73. The lowest BCUT2D eigenvalue weighted by Gasteiger charge is -2.15. The van der Waals surface area contributed by atoms with E-state index >= 15 is 0 Å². The lowest BCUT2D eigenvalue weighted by molar-refractivity contribution is -0.128. The predicted octanol–water partition coefficient (Wildman–Crippen LogP) is 3.33. The van der Waals surface area contributed by atoms with Crippen molar-refractivity contribution in [2.24, 2.45) is 0 Å². The molecule has 1 N–H and O–H groups in total. The molecule has 1 heterocycles. The first-order chi connectivity index (χ1) is 12.2. The normalized spacial score (nSPS) is 13.9. The minimum Gasteiger partial charge on any atom is -0.351 e. The summed E-state index contributed by atoms with van der Waals surface area (Å²) in [5, 5.41) is 2.94. The zero-order chi connectivity index (χ0) is 17.5. The molecule has 0 radical (unpaired) electrons. The second-order valence-corrected chi connectivity index (χ2v) is 7.20. The van der Waals surface area contributed by atoms with Crippen LogP contribution in [0.25, 0.3) is 0 Å². The molecule has 4 nitrogen and oxygen atoms in total. The van der Waals surface area contributed by atoms with E-state index < -0.39 is 0 Å². The van der Waals surface area contributed by atoms with Gasteiger partial charge in [-0.3, -0.25) is 9.59 Å². The zero-order valence-electron chi connectivity index (χ0n) is 14.1. The van der Waals surface area contributed by atoms with Crippen LogP contribution < -0.4 is 5.32 Å². The summed E-state index contributed by atoms with van der Waals surface area (Å²) in [5.41, 5.74) is 1.72. The Morgan fingerprint density at radius 1 is 1.08 bits per heavy atom. The molecule has 1 aliphatic heterocycles. The zero-order valence-corrected chi connectivity index (χ0v) is 14.9. The molecule has 1 fully saturated rings. The largest absolute Gasteiger partial charge is 0.351 e. The van der Waals surface area contributed by atoms with Gasteiger partial charge in [-0.2, -0.15) is 0 Å². The van der Waals surface area contributed by atoms with E-state index in [0.717, 1.165) is 24.3 Å². The monoisotopic (exact) mass is 354 g/mol. The molecule has 1 saturated heterocycles. The van der Waals surface area contributed by atoms with Gasteiger partial charge in [0.15, 0.2) is 0 Å². The van der Waals surface area contributed by atoms with Gasteiger partial charge in [0, 0.05) is 42.3 Å². The fourth-order valence-electron chi connectivity index (χ4n) is 2.81. The molecule has 5 heteroatoms. The third-order valence-electron chi connectivity index (χ3n) is 4.16. The Bertz CT molecular complexity index is 716. The number of likely N-dealkylation sites (tertiary alicyclic amines) is 1. The summed E-state index contributed by atoms with van der Waals surface area (Å²) in [7, 11) is 0.